The third kappa shape index (κ3) is 6.82. The summed E-state index contributed by atoms with van der Waals surface area (Å²) in [5, 5.41) is 17.0. The number of esters is 1. The maximum Gasteiger partial charge on any atom is 0.307 e. The van der Waals surface area contributed by atoms with Gasteiger partial charge in [-0.3, -0.25) is 9.59 Å². The Morgan fingerprint density at radius 3 is 2.50 bits per heavy atom. The van der Waals surface area contributed by atoms with Crippen LogP contribution in [-0.4, -0.2) is 23.1 Å². The van der Waals surface area contributed by atoms with Gasteiger partial charge in [-0.2, -0.15) is 5.26 Å². The average Bonchev–Trinajstić information content (AvgIpc) is 2.16. The van der Waals surface area contributed by atoms with E-state index in [-0.39, 0.29) is 25.2 Å². The van der Waals surface area contributed by atoms with E-state index in [1.807, 2.05) is 13.8 Å². The normalized spacial score (nSPS) is 13.6. The number of nitrogens with zero attached hydrogens (tertiary/aromatic N) is 1. The van der Waals surface area contributed by atoms with E-state index in [1.54, 1.807) is 6.07 Å². The van der Waals surface area contributed by atoms with E-state index in [4.69, 9.17) is 15.1 Å². The molecule has 0 amide bonds. The average molecular weight is 227 g/mol. The van der Waals surface area contributed by atoms with Crippen molar-refractivity contribution in [1.82, 2.24) is 0 Å². The van der Waals surface area contributed by atoms with Gasteiger partial charge in [0.1, 0.15) is 6.10 Å². The van der Waals surface area contributed by atoms with Crippen molar-refractivity contribution in [3.63, 3.8) is 0 Å². The molecule has 0 saturated carbocycles. The van der Waals surface area contributed by atoms with Gasteiger partial charge in [0, 0.05) is 6.42 Å². The van der Waals surface area contributed by atoms with Crippen LogP contribution in [0.4, 0.5) is 0 Å². The number of hydrogen-bond acceptors (Lipinski definition) is 4. The molecule has 0 rings (SSSR count). The van der Waals surface area contributed by atoms with Crippen molar-refractivity contribution in [1.29, 1.82) is 5.26 Å². The van der Waals surface area contributed by atoms with Gasteiger partial charge in [-0.25, -0.2) is 0 Å². The van der Waals surface area contributed by atoms with Gasteiger partial charge in [0.2, 0.25) is 0 Å². The second-order valence-corrected chi connectivity index (χ2v) is 3.79. The van der Waals surface area contributed by atoms with Gasteiger partial charge in [-0.15, -0.1) is 0 Å². The van der Waals surface area contributed by atoms with Crippen molar-refractivity contribution in [2.75, 3.05) is 0 Å². The molecule has 0 aromatic rings. The zero-order chi connectivity index (χ0) is 12.6. The Balaban J connectivity index is 4.13. The number of aliphatic carboxylic acids is 1. The highest BCUT2D eigenvalue weighted by molar-refractivity contribution is 5.71. The molecule has 2 atom stereocenters. The molecule has 0 radical (unpaired) electrons. The summed E-state index contributed by atoms with van der Waals surface area (Å²) in [5.74, 6) is -1.30. The minimum absolute atomic E-state index is 0.0848. The summed E-state index contributed by atoms with van der Waals surface area (Å²) in [7, 11) is 0. The fraction of sp³-hybridized carbons (Fsp3) is 0.727. The van der Waals surface area contributed by atoms with Crippen LogP contribution in [0.5, 0.6) is 0 Å². The van der Waals surface area contributed by atoms with Crippen molar-refractivity contribution in [3.05, 3.63) is 0 Å². The molecule has 0 bridgehead atoms. The monoisotopic (exact) mass is 227 g/mol. The molecule has 90 valence electrons. The van der Waals surface area contributed by atoms with Crippen LogP contribution in [-0.2, 0) is 14.3 Å². The molecule has 0 unspecified atom stereocenters. The molecule has 0 saturated heterocycles. The fourth-order valence-corrected chi connectivity index (χ4v) is 1.11. The lowest BCUT2D eigenvalue weighted by Crippen LogP contribution is -2.22. The molecule has 5 heteroatoms. The van der Waals surface area contributed by atoms with Gasteiger partial charge in [-0.05, 0) is 5.92 Å². The molecule has 0 aliphatic carbocycles. The van der Waals surface area contributed by atoms with Gasteiger partial charge >= 0.3 is 11.9 Å². The standard InChI is InChI=1S/C11H17NO4/c1-3-8(2)6-11(15)16-9(4-5-12)7-10(13)14/h8-9H,3-4,6-7H2,1-2H3,(H,13,14)/t8-,9+/m0/s1. The summed E-state index contributed by atoms with van der Waals surface area (Å²) in [6, 6.07) is 1.81. The van der Waals surface area contributed by atoms with E-state index in [2.05, 4.69) is 0 Å². The molecule has 0 aliphatic heterocycles. The van der Waals surface area contributed by atoms with E-state index < -0.39 is 18.0 Å². The molecular formula is C11H17NO4. The number of carbonyl (C=O) groups excluding carboxylic acids is 1. The van der Waals surface area contributed by atoms with E-state index in [0.29, 0.717) is 0 Å². The van der Waals surface area contributed by atoms with Crippen molar-refractivity contribution >= 4 is 11.9 Å². The number of carboxylic acids is 1. The van der Waals surface area contributed by atoms with Gasteiger partial charge < -0.3 is 9.84 Å². The van der Waals surface area contributed by atoms with Gasteiger partial charge in [-0.1, -0.05) is 20.3 Å². The van der Waals surface area contributed by atoms with E-state index in [1.165, 1.54) is 0 Å². The Labute approximate surface area is 95.0 Å². The molecule has 0 aliphatic rings. The van der Waals surface area contributed by atoms with E-state index in [0.717, 1.165) is 6.42 Å². The minimum Gasteiger partial charge on any atom is -0.481 e. The van der Waals surface area contributed by atoms with Crippen LogP contribution in [0.3, 0.4) is 0 Å². The number of rotatable bonds is 7. The first-order valence-corrected chi connectivity index (χ1v) is 5.27. The van der Waals surface area contributed by atoms with Gasteiger partial charge in [0.15, 0.2) is 0 Å². The van der Waals surface area contributed by atoms with Crippen molar-refractivity contribution in [2.45, 2.75) is 45.6 Å². The lowest BCUT2D eigenvalue weighted by molar-refractivity contribution is -0.153. The van der Waals surface area contributed by atoms with Crippen LogP contribution in [0.15, 0.2) is 0 Å². The van der Waals surface area contributed by atoms with Crippen molar-refractivity contribution < 1.29 is 19.4 Å². The van der Waals surface area contributed by atoms with Crippen molar-refractivity contribution in [3.8, 4) is 6.07 Å². The summed E-state index contributed by atoms with van der Waals surface area (Å²) in [5.41, 5.74) is 0. The second-order valence-electron chi connectivity index (χ2n) is 3.79. The summed E-state index contributed by atoms with van der Waals surface area (Å²) in [6.45, 7) is 3.87. The largest absolute Gasteiger partial charge is 0.481 e. The molecular weight excluding hydrogens is 210 g/mol. The molecule has 16 heavy (non-hydrogen) atoms. The highest BCUT2D eigenvalue weighted by Gasteiger charge is 2.18. The summed E-state index contributed by atoms with van der Waals surface area (Å²) in [6.07, 6.45) is -0.119. The van der Waals surface area contributed by atoms with Crippen LogP contribution in [0, 0.1) is 17.2 Å². The third-order valence-electron chi connectivity index (χ3n) is 2.23. The van der Waals surface area contributed by atoms with E-state index >= 15 is 0 Å². The fourth-order valence-electron chi connectivity index (χ4n) is 1.11. The maximum atomic E-state index is 11.4. The van der Waals surface area contributed by atoms with Crippen LogP contribution in [0.2, 0.25) is 0 Å². The quantitative estimate of drug-likeness (QED) is 0.669. The second kappa shape index (κ2) is 7.69. The molecule has 0 aromatic heterocycles. The Morgan fingerprint density at radius 2 is 2.06 bits per heavy atom. The molecule has 0 aromatic carbocycles. The Morgan fingerprint density at radius 1 is 1.44 bits per heavy atom. The van der Waals surface area contributed by atoms with Gasteiger partial charge in [0.25, 0.3) is 0 Å². The molecule has 0 spiro atoms. The first-order chi connectivity index (χ1) is 7.49. The number of hydrogen-bond donors (Lipinski definition) is 1. The molecule has 0 heterocycles. The smallest absolute Gasteiger partial charge is 0.307 e. The number of carbonyl (C=O) groups is 2. The molecule has 5 nitrogen and oxygen atoms in total. The summed E-state index contributed by atoms with van der Waals surface area (Å²) >= 11 is 0. The zero-order valence-electron chi connectivity index (χ0n) is 9.60. The number of nitriles is 1. The predicted molar refractivity (Wildman–Crippen MR) is 56.4 cm³/mol. The van der Waals surface area contributed by atoms with Crippen molar-refractivity contribution in [2.24, 2.45) is 5.92 Å². The number of carboxylic acid groups (broad SMARTS) is 1. The molecule has 1 N–H and O–H groups in total. The Kier molecular flexibility index (Phi) is 6.93. The summed E-state index contributed by atoms with van der Waals surface area (Å²) < 4.78 is 4.93. The van der Waals surface area contributed by atoms with Crippen LogP contribution < -0.4 is 0 Å². The first-order valence-electron chi connectivity index (χ1n) is 5.27. The molecule has 0 fully saturated rings. The topological polar surface area (TPSA) is 87.4 Å². The van der Waals surface area contributed by atoms with Crippen LogP contribution in [0.1, 0.15) is 39.5 Å². The first kappa shape index (κ1) is 14.4. The lowest BCUT2D eigenvalue weighted by atomic mass is 10.1. The minimum atomic E-state index is -1.07. The Hall–Kier alpha value is -1.57. The maximum absolute atomic E-state index is 11.4. The van der Waals surface area contributed by atoms with Crippen LogP contribution in [0.25, 0.3) is 0 Å². The van der Waals surface area contributed by atoms with E-state index in [9.17, 15) is 9.59 Å². The highest BCUT2D eigenvalue weighted by Crippen LogP contribution is 2.11. The SMILES string of the molecule is CC[C@H](C)CC(=O)O[C@H](CC#N)CC(=O)O. The predicted octanol–water partition coefficient (Wildman–Crippen LogP) is 1.72. The van der Waals surface area contributed by atoms with Crippen LogP contribution >= 0.6 is 0 Å². The number of ether oxygens (including phenoxy) is 1. The lowest BCUT2D eigenvalue weighted by Gasteiger charge is -2.14. The van der Waals surface area contributed by atoms with Gasteiger partial charge in [0.05, 0.1) is 18.9 Å². The Bertz CT molecular complexity index is 282. The summed E-state index contributed by atoms with van der Waals surface area (Å²) in [4.78, 5) is 21.8. The zero-order valence-corrected chi connectivity index (χ0v) is 9.60. The highest BCUT2D eigenvalue weighted by atomic mass is 16.5. The third-order valence-corrected chi connectivity index (χ3v) is 2.23.